The molecule has 0 aliphatic heterocycles. The average molecular weight is 476 g/mol. The van der Waals surface area contributed by atoms with E-state index in [1.54, 1.807) is 0 Å². The van der Waals surface area contributed by atoms with E-state index in [-0.39, 0.29) is 0 Å². The van der Waals surface area contributed by atoms with Crippen molar-refractivity contribution in [3.8, 4) is 0 Å². The van der Waals surface area contributed by atoms with Crippen LogP contribution in [0.1, 0.15) is 104 Å². The molecule has 2 N–H and O–H groups in total. The Hall–Kier alpha value is -2.80. The van der Waals surface area contributed by atoms with E-state index in [1.165, 1.54) is 48.8 Å². The Kier molecular flexibility index (Phi) is 23.9. The zero-order valence-electron chi connectivity index (χ0n) is 24.2. The molecule has 0 atom stereocenters. The molecular weight excluding hydrogens is 422 g/mol. The summed E-state index contributed by atoms with van der Waals surface area (Å²) in [6, 6.07) is 16.5. The van der Waals surface area contributed by atoms with Gasteiger partial charge < -0.3 is 5.73 Å². The molecule has 0 aliphatic carbocycles. The number of rotatable bonds is 9. The highest BCUT2D eigenvalue weighted by Gasteiger charge is 1.94. The fourth-order valence-corrected chi connectivity index (χ4v) is 2.97. The van der Waals surface area contributed by atoms with Crippen LogP contribution in [0.2, 0.25) is 0 Å². The summed E-state index contributed by atoms with van der Waals surface area (Å²) in [5.74, 6) is 0. The van der Waals surface area contributed by atoms with Crippen LogP contribution >= 0.6 is 0 Å². The summed E-state index contributed by atoms with van der Waals surface area (Å²) in [7, 11) is 0. The van der Waals surface area contributed by atoms with Gasteiger partial charge in [-0.3, -0.25) is 0 Å². The summed E-state index contributed by atoms with van der Waals surface area (Å²) in [5.41, 5.74) is 12.6. The third kappa shape index (κ3) is 18.2. The second kappa shape index (κ2) is 24.3. The lowest BCUT2D eigenvalue weighted by Crippen LogP contribution is -1.82. The van der Waals surface area contributed by atoms with Crippen molar-refractivity contribution in [2.75, 3.05) is 5.73 Å². The smallest absolute Gasteiger partial charge is 0.0314 e. The molecule has 0 unspecified atom stereocenters. The largest absolute Gasteiger partial charge is 0.399 e. The molecule has 2 aromatic rings. The number of benzene rings is 2. The lowest BCUT2D eigenvalue weighted by atomic mass is 10.0. The maximum atomic E-state index is 5.72. The zero-order valence-corrected chi connectivity index (χ0v) is 24.2. The number of hydrogen-bond acceptors (Lipinski definition) is 1. The number of nitrogens with two attached hydrogens (primary N) is 1. The van der Waals surface area contributed by atoms with Crippen LogP contribution in [0.5, 0.6) is 0 Å². The molecular formula is C34H53N. The number of unbranched alkanes of at least 4 members (excludes halogenated alkanes) is 4. The van der Waals surface area contributed by atoms with Crippen LogP contribution in [0, 0.1) is 6.92 Å². The molecule has 0 spiro atoms. The number of allylic oxidation sites excluding steroid dienone is 7. The van der Waals surface area contributed by atoms with E-state index in [2.05, 4.69) is 82.3 Å². The molecule has 0 aromatic heterocycles. The Labute approximate surface area is 218 Å². The van der Waals surface area contributed by atoms with Crippen LogP contribution in [0.25, 0.3) is 11.6 Å². The molecule has 0 heterocycles. The number of anilines is 1. The van der Waals surface area contributed by atoms with Gasteiger partial charge in [0, 0.05) is 5.69 Å². The molecule has 35 heavy (non-hydrogen) atoms. The van der Waals surface area contributed by atoms with Crippen molar-refractivity contribution in [3.05, 3.63) is 101 Å². The van der Waals surface area contributed by atoms with Gasteiger partial charge >= 0.3 is 0 Å². The van der Waals surface area contributed by atoms with E-state index in [0.717, 1.165) is 16.8 Å². The van der Waals surface area contributed by atoms with Crippen molar-refractivity contribution in [1.82, 2.24) is 0 Å². The van der Waals surface area contributed by atoms with Crippen LogP contribution in [0.3, 0.4) is 0 Å². The second-order valence-electron chi connectivity index (χ2n) is 7.94. The minimum Gasteiger partial charge on any atom is -0.399 e. The summed E-state index contributed by atoms with van der Waals surface area (Å²) in [5, 5.41) is 0. The maximum Gasteiger partial charge on any atom is 0.0314 e. The van der Waals surface area contributed by atoms with E-state index in [4.69, 9.17) is 5.73 Å². The number of aryl methyl sites for hydroxylation is 1. The molecule has 0 saturated heterocycles. The fourth-order valence-electron chi connectivity index (χ4n) is 2.97. The van der Waals surface area contributed by atoms with Crippen LogP contribution in [-0.2, 0) is 0 Å². The first kappa shape index (κ1) is 34.4. The molecule has 1 nitrogen and oxygen atoms in total. The molecule has 0 amide bonds. The minimum atomic E-state index is 0.785. The Bertz CT molecular complexity index is 842. The summed E-state index contributed by atoms with van der Waals surface area (Å²) >= 11 is 0. The van der Waals surface area contributed by atoms with Crippen molar-refractivity contribution >= 4 is 17.3 Å². The minimum absolute atomic E-state index is 0.785. The van der Waals surface area contributed by atoms with Gasteiger partial charge in [0.25, 0.3) is 0 Å². The summed E-state index contributed by atoms with van der Waals surface area (Å²) in [4.78, 5) is 0. The highest BCUT2D eigenvalue weighted by Crippen LogP contribution is 2.16. The summed E-state index contributed by atoms with van der Waals surface area (Å²) in [6.45, 7) is 18.8. The van der Waals surface area contributed by atoms with E-state index < -0.39 is 0 Å². The first-order chi connectivity index (χ1) is 17.0. The van der Waals surface area contributed by atoms with Gasteiger partial charge in [0.1, 0.15) is 0 Å². The Morgan fingerprint density at radius 2 is 1.29 bits per heavy atom. The van der Waals surface area contributed by atoms with E-state index >= 15 is 0 Å². The molecule has 1 heteroatoms. The van der Waals surface area contributed by atoms with Gasteiger partial charge in [-0.25, -0.2) is 0 Å². The van der Waals surface area contributed by atoms with Crippen molar-refractivity contribution < 1.29 is 0 Å². The Balaban J connectivity index is 0. The predicted molar refractivity (Wildman–Crippen MR) is 165 cm³/mol. The normalized spacial score (nSPS) is 11.2. The first-order valence-electron chi connectivity index (χ1n) is 13.6. The van der Waals surface area contributed by atoms with Crippen LogP contribution in [0.4, 0.5) is 5.69 Å². The summed E-state index contributed by atoms with van der Waals surface area (Å²) in [6.07, 6.45) is 19.7. The lowest BCUT2D eigenvalue weighted by Gasteiger charge is -2.01. The second-order valence-corrected chi connectivity index (χ2v) is 7.94. The quantitative estimate of drug-likeness (QED) is 0.218. The molecule has 0 fully saturated rings. The van der Waals surface area contributed by atoms with E-state index in [1.807, 2.05) is 65.0 Å². The van der Waals surface area contributed by atoms with Crippen molar-refractivity contribution in [2.24, 2.45) is 0 Å². The van der Waals surface area contributed by atoms with E-state index in [0.29, 0.717) is 0 Å². The van der Waals surface area contributed by atoms with Crippen LogP contribution in [0.15, 0.2) is 84.5 Å². The molecule has 0 bridgehead atoms. The van der Waals surface area contributed by atoms with Crippen molar-refractivity contribution in [3.63, 3.8) is 0 Å². The zero-order chi connectivity index (χ0) is 26.9. The molecule has 2 aromatic carbocycles. The summed E-state index contributed by atoms with van der Waals surface area (Å²) < 4.78 is 0. The van der Waals surface area contributed by atoms with Gasteiger partial charge in [-0.2, -0.15) is 0 Å². The lowest BCUT2D eigenvalue weighted by molar-refractivity contribution is 0.656. The van der Waals surface area contributed by atoms with Gasteiger partial charge in [-0.15, -0.1) is 0 Å². The van der Waals surface area contributed by atoms with Crippen LogP contribution in [-0.4, -0.2) is 0 Å². The predicted octanol–water partition coefficient (Wildman–Crippen LogP) is 11.2. The van der Waals surface area contributed by atoms with Gasteiger partial charge in [0.05, 0.1) is 0 Å². The third-order valence-electron chi connectivity index (χ3n) is 5.00. The van der Waals surface area contributed by atoms with Gasteiger partial charge in [0.2, 0.25) is 0 Å². The standard InChI is InChI=1S/C23H25N.C7H16.2C2H6/c1-4-5-20(10-11-21-12-16-23(24)17-13-21)9-8-19(3)22-14-6-18(2)7-15-22;1-3-5-7-6-4-2;2*1-2/h4-17H,24H2,1-3H3;3-7H2,1-2H3;2*1-2H3/b5-4-,11-10+,19-8+,20-9+;;;. The molecule has 2 rings (SSSR count). The third-order valence-corrected chi connectivity index (χ3v) is 5.00. The monoisotopic (exact) mass is 475 g/mol. The maximum absolute atomic E-state index is 5.72. The highest BCUT2D eigenvalue weighted by molar-refractivity contribution is 5.66. The number of hydrogen-bond donors (Lipinski definition) is 1. The van der Waals surface area contributed by atoms with Crippen molar-refractivity contribution in [2.45, 2.75) is 94.4 Å². The fraction of sp³-hybridized carbons (Fsp3) is 0.412. The number of nitrogen functional groups attached to an aromatic ring is 1. The average Bonchev–Trinajstić information content (AvgIpc) is 2.90. The van der Waals surface area contributed by atoms with Gasteiger partial charge in [0.15, 0.2) is 0 Å². The van der Waals surface area contributed by atoms with Gasteiger partial charge in [-0.05, 0) is 55.2 Å². The molecule has 0 aliphatic rings. The SMILES string of the molecule is CC.CC.CCCCCCC.C\C=C/C(/C=C/c1ccc(N)cc1)=C\C=C(/C)c1ccc(C)cc1. The van der Waals surface area contributed by atoms with E-state index in [9.17, 15) is 0 Å². The first-order valence-corrected chi connectivity index (χ1v) is 13.6. The highest BCUT2D eigenvalue weighted by atomic mass is 14.5. The van der Waals surface area contributed by atoms with Gasteiger partial charge in [-0.1, -0.05) is 152 Å². The Morgan fingerprint density at radius 1 is 0.743 bits per heavy atom. The molecule has 0 radical (unpaired) electrons. The molecule has 0 saturated carbocycles. The van der Waals surface area contributed by atoms with Crippen molar-refractivity contribution in [1.29, 1.82) is 0 Å². The van der Waals surface area contributed by atoms with Crippen LogP contribution < -0.4 is 5.73 Å². The Morgan fingerprint density at radius 3 is 1.77 bits per heavy atom. The topological polar surface area (TPSA) is 26.0 Å². The molecule has 194 valence electrons.